The SMILES string of the molecule is CS(=O)(=O)Nn1c(=O)[nH]c2cc([N+](=O)[O-])c(F)cc2c1=O.CS(=O)(=O)Nn1c(=O)[nH]c2cc([N+](=O)[O-])c(NCCOc3ccccc3)cc2c1=O. The van der Waals surface area contributed by atoms with E-state index in [-0.39, 0.29) is 50.3 Å². The van der Waals surface area contributed by atoms with E-state index in [0.717, 1.165) is 12.3 Å². The van der Waals surface area contributed by atoms with Crippen LogP contribution in [0.1, 0.15) is 0 Å². The Hall–Kier alpha value is -6.63. The summed E-state index contributed by atoms with van der Waals surface area (Å²) in [5.74, 6) is -0.665. The van der Waals surface area contributed by atoms with E-state index < -0.39 is 69.3 Å². The van der Waals surface area contributed by atoms with Crippen molar-refractivity contribution in [2.75, 3.05) is 40.6 Å². The van der Waals surface area contributed by atoms with Gasteiger partial charge in [0.1, 0.15) is 18.0 Å². The molecule has 0 aliphatic heterocycles. The molecule has 51 heavy (non-hydrogen) atoms. The molecule has 0 aliphatic carbocycles. The summed E-state index contributed by atoms with van der Waals surface area (Å²) in [5, 5.41) is 24.3. The quantitative estimate of drug-likeness (QED) is 0.0665. The summed E-state index contributed by atoms with van der Waals surface area (Å²) in [4.78, 5) is 76.2. The predicted molar refractivity (Wildman–Crippen MR) is 180 cm³/mol. The van der Waals surface area contributed by atoms with Crippen LogP contribution in [-0.2, 0) is 20.0 Å². The Morgan fingerprint density at radius 3 is 1.71 bits per heavy atom. The smallest absolute Gasteiger partial charge is 0.348 e. The summed E-state index contributed by atoms with van der Waals surface area (Å²) in [6.45, 7) is 0.366. The molecule has 0 saturated heterocycles. The van der Waals surface area contributed by atoms with Crippen LogP contribution in [0.2, 0.25) is 0 Å². The van der Waals surface area contributed by atoms with E-state index in [9.17, 15) is 60.6 Å². The van der Waals surface area contributed by atoms with Crippen molar-refractivity contribution in [3.8, 4) is 5.75 Å². The second-order valence-electron chi connectivity index (χ2n) is 10.2. The molecule has 5 aromatic rings. The molecular weight excluding hydrogens is 729 g/mol. The molecule has 0 aliphatic rings. The van der Waals surface area contributed by atoms with E-state index in [1.165, 1.54) is 6.07 Å². The molecular formula is C26H24FN9O13S2. The third kappa shape index (κ3) is 9.09. The molecule has 270 valence electrons. The van der Waals surface area contributed by atoms with E-state index >= 15 is 0 Å². The van der Waals surface area contributed by atoms with Gasteiger partial charge in [0.25, 0.3) is 16.8 Å². The molecule has 2 heterocycles. The standard InChI is InChI=1S/C17H17N5O7S.C9H7FN4O6S/c1-30(27,28)20-21-16(23)12-9-14(15(22(25)26)10-13(12)19-17(21)24)18-7-8-29-11-5-3-2-4-6-11;1-21(19,20)12-13-8(15)4-2-5(10)7(14(17)18)3-6(4)11-9(13)16/h2-6,9-10,18,20H,7-8H2,1H3,(H,19,24);2-3,12H,1H3,(H,11,16). The van der Waals surface area contributed by atoms with Crippen molar-refractivity contribution < 1.29 is 35.8 Å². The van der Waals surface area contributed by atoms with Gasteiger partial charge >= 0.3 is 17.1 Å². The van der Waals surface area contributed by atoms with Gasteiger partial charge in [0, 0.05) is 18.7 Å². The Balaban J connectivity index is 0.000000244. The van der Waals surface area contributed by atoms with Gasteiger partial charge in [-0.05, 0) is 24.3 Å². The second kappa shape index (κ2) is 14.5. The van der Waals surface area contributed by atoms with Crippen molar-refractivity contribution in [1.29, 1.82) is 0 Å². The summed E-state index contributed by atoms with van der Waals surface area (Å²) < 4.78 is 64.4. The fourth-order valence-corrected chi connectivity index (χ4v) is 5.27. The van der Waals surface area contributed by atoms with E-state index in [2.05, 4.69) is 15.3 Å². The van der Waals surface area contributed by atoms with Gasteiger partial charge in [-0.1, -0.05) is 18.2 Å². The van der Waals surface area contributed by atoms with Crippen LogP contribution in [0.15, 0.2) is 73.8 Å². The van der Waals surface area contributed by atoms with Crippen LogP contribution in [0.25, 0.3) is 21.8 Å². The summed E-state index contributed by atoms with van der Waals surface area (Å²) in [7, 11) is -7.85. The molecule has 0 unspecified atom stereocenters. The van der Waals surface area contributed by atoms with E-state index in [0.29, 0.717) is 24.1 Å². The number of rotatable bonds is 11. The molecule has 0 saturated carbocycles. The first-order valence-corrected chi connectivity index (χ1v) is 17.5. The third-order valence-electron chi connectivity index (χ3n) is 6.32. The molecule has 0 atom stereocenters. The van der Waals surface area contributed by atoms with E-state index in [1.807, 2.05) is 6.07 Å². The number of ether oxygens (including phenoxy) is 1. The number of anilines is 1. The normalized spacial score (nSPS) is 11.4. The van der Waals surface area contributed by atoms with Crippen LogP contribution >= 0.6 is 0 Å². The fourth-order valence-electron chi connectivity index (χ4n) is 4.28. The Morgan fingerprint density at radius 1 is 0.765 bits per heavy atom. The number of nitro benzene ring substituents is 2. The van der Waals surface area contributed by atoms with E-state index in [4.69, 9.17) is 4.74 Å². The highest BCUT2D eigenvalue weighted by Crippen LogP contribution is 2.27. The highest BCUT2D eigenvalue weighted by atomic mass is 32.2. The molecule has 22 nitrogen and oxygen atoms in total. The van der Waals surface area contributed by atoms with Crippen molar-refractivity contribution >= 4 is 58.9 Å². The van der Waals surface area contributed by atoms with Gasteiger partial charge in [-0.15, -0.1) is 0 Å². The molecule has 0 bridgehead atoms. The van der Waals surface area contributed by atoms with Crippen LogP contribution in [0, 0.1) is 26.0 Å². The number of nitrogens with zero attached hydrogens (tertiary/aromatic N) is 4. The maximum Gasteiger partial charge on any atom is 0.348 e. The predicted octanol–water partition coefficient (Wildman–Crippen LogP) is -0.168. The average molecular weight is 754 g/mol. The molecule has 25 heteroatoms. The van der Waals surface area contributed by atoms with E-state index in [1.54, 1.807) is 33.9 Å². The molecule has 0 radical (unpaired) electrons. The fraction of sp³-hybridized carbons (Fsp3) is 0.154. The lowest BCUT2D eigenvalue weighted by Crippen LogP contribution is -2.43. The largest absolute Gasteiger partial charge is 0.492 e. The van der Waals surface area contributed by atoms with Crippen LogP contribution in [0.3, 0.4) is 0 Å². The second-order valence-corrected chi connectivity index (χ2v) is 13.7. The summed E-state index contributed by atoms with van der Waals surface area (Å²) in [6, 6.07) is 12.4. The first kappa shape index (κ1) is 37.2. The van der Waals surface area contributed by atoms with Crippen LogP contribution in [0.4, 0.5) is 21.5 Å². The lowest BCUT2D eigenvalue weighted by Gasteiger charge is -2.11. The number of aromatic nitrogens is 4. The molecule has 3 aromatic carbocycles. The van der Waals surface area contributed by atoms with Gasteiger partial charge in [-0.3, -0.25) is 29.8 Å². The lowest BCUT2D eigenvalue weighted by molar-refractivity contribution is -0.387. The first-order valence-electron chi connectivity index (χ1n) is 13.7. The average Bonchev–Trinajstić information content (AvgIpc) is 3.03. The van der Waals surface area contributed by atoms with Gasteiger partial charge < -0.3 is 20.0 Å². The number of para-hydroxylation sites is 1. The first-order chi connectivity index (χ1) is 23.8. The number of benzene rings is 3. The molecule has 0 amide bonds. The van der Waals surface area contributed by atoms with Crippen molar-refractivity contribution in [2.24, 2.45) is 0 Å². The van der Waals surface area contributed by atoms with Crippen molar-refractivity contribution in [1.82, 2.24) is 19.3 Å². The number of sulfonamides is 2. The molecule has 0 spiro atoms. The maximum absolute atomic E-state index is 13.5. The highest BCUT2D eigenvalue weighted by Gasteiger charge is 2.21. The van der Waals surface area contributed by atoms with Gasteiger partial charge in [0.15, 0.2) is 0 Å². The maximum atomic E-state index is 13.5. The molecule has 5 N–H and O–H groups in total. The lowest BCUT2D eigenvalue weighted by atomic mass is 10.2. The molecule has 0 fully saturated rings. The number of nitro groups is 2. The minimum absolute atomic E-state index is 0.0132. The highest BCUT2D eigenvalue weighted by molar-refractivity contribution is 7.91. The summed E-state index contributed by atoms with van der Waals surface area (Å²) in [5.41, 5.74) is -6.05. The number of hydrogen-bond acceptors (Lipinski definition) is 14. The molecule has 2 aromatic heterocycles. The van der Waals surface area contributed by atoms with Gasteiger partial charge in [-0.25, -0.2) is 36.1 Å². The van der Waals surface area contributed by atoms with Crippen molar-refractivity contribution in [3.05, 3.63) is 122 Å². The Morgan fingerprint density at radius 2 is 1.24 bits per heavy atom. The number of hydrogen-bond donors (Lipinski definition) is 5. The summed E-state index contributed by atoms with van der Waals surface area (Å²) in [6.07, 6.45) is 1.48. The Kier molecular flexibility index (Phi) is 10.5. The van der Waals surface area contributed by atoms with Gasteiger partial charge in [0.05, 0.1) is 44.2 Å². The zero-order valence-corrected chi connectivity index (χ0v) is 27.5. The monoisotopic (exact) mass is 753 g/mol. The minimum atomic E-state index is -3.93. The van der Waals surface area contributed by atoms with Gasteiger partial charge in [0.2, 0.25) is 25.9 Å². The van der Waals surface area contributed by atoms with Gasteiger partial charge in [-0.2, -0.15) is 13.7 Å². The van der Waals surface area contributed by atoms with Crippen LogP contribution in [-0.4, -0.2) is 71.7 Å². The third-order valence-corrected chi connectivity index (χ3v) is 7.34. The zero-order valence-electron chi connectivity index (χ0n) is 25.9. The zero-order chi connectivity index (χ0) is 37.8. The number of halogens is 1. The number of nitrogens with one attached hydrogen (secondary N) is 5. The Labute approximate surface area is 282 Å². The molecule has 5 rings (SSSR count). The minimum Gasteiger partial charge on any atom is -0.492 e. The Bertz CT molecular complexity index is 2660. The number of H-pyrrole nitrogens is 2. The number of aromatic amines is 2. The van der Waals surface area contributed by atoms with Crippen LogP contribution < -0.4 is 42.2 Å². The topological polar surface area (TPSA) is 310 Å². The number of fused-ring (bicyclic) bond motifs is 2. The van der Waals surface area contributed by atoms with Crippen molar-refractivity contribution in [3.63, 3.8) is 0 Å². The summed E-state index contributed by atoms with van der Waals surface area (Å²) >= 11 is 0. The van der Waals surface area contributed by atoms with Crippen LogP contribution in [0.5, 0.6) is 5.75 Å². The van der Waals surface area contributed by atoms with Crippen molar-refractivity contribution in [2.45, 2.75) is 0 Å².